The number of carbonyl (C=O) groups is 1. The summed E-state index contributed by atoms with van der Waals surface area (Å²) in [5.74, 6) is 1.19. The van der Waals surface area contributed by atoms with Crippen molar-refractivity contribution in [1.82, 2.24) is 4.98 Å². The number of carbonyl (C=O) groups excluding carboxylic acids is 1. The molecule has 6 heteroatoms. The average molecular weight is 868 g/mol. The third kappa shape index (κ3) is 10.1. The summed E-state index contributed by atoms with van der Waals surface area (Å²) in [6.45, 7) is 19.4. The Kier molecular flexibility index (Phi) is 15.0. The van der Waals surface area contributed by atoms with Gasteiger partial charge in [0.15, 0.2) is 5.78 Å². The Morgan fingerprint density at radius 3 is 2.24 bits per heavy atom. The van der Waals surface area contributed by atoms with Crippen molar-refractivity contribution in [1.29, 1.82) is 0 Å². The summed E-state index contributed by atoms with van der Waals surface area (Å²) in [7, 11) is 4.27. The van der Waals surface area contributed by atoms with E-state index in [1.165, 1.54) is 26.6 Å². The van der Waals surface area contributed by atoms with Crippen LogP contribution in [0.3, 0.4) is 0 Å². The monoisotopic (exact) mass is 868 g/mol. The van der Waals surface area contributed by atoms with Crippen molar-refractivity contribution in [2.24, 2.45) is 17.8 Å². The predicted octanol–water partition coefficient (Wildman–Crippen LogP) is 11.9. The van der Waals surface area contributed by atoms with E-state index in [0.29, 0.717) is 5.92 Å². The summed E-state index contributed by atoms with van der Waals surface area (Å²) < 4.78 is 3.18. The Bertz CT molecular complexity index is 1910. The van der Waals surface area contributed by atoms with Crippen molar-refractivity contribution in [3.05, 3.63) is 102 Å². The fourth-order valence-electron chi connectivity index (χ4n) is 6.34. The second-order valence-corrected chi connectivity index (χ2v) is 15.7. The molecule has 0 aliphatic rings. The van der Waals surface area contributed by atoms with Crippen LogP contribution in [0.25, 0.3) is 43.4 Å². The predicted molar refractivity (Wildman–Crippen MR) is 209 cm³/mol. The van der Waals surface area contributed by atoms with Gasteiger partial charge in [0.05, 0.1) is 22.2 Å². The number of rotatable bonds is 11. The van der Waals surface area contributed by atoms with Gasteiger partial charge in [-0.2, -0.15) is 0 Å². The third-order valence-corrected chi connectivity index (χ3v) is 10.4. The van der Waals surface area contributed by atoms with Gasteiger partial charge in [-0.25, -0.2) is 0 Å². The van der Waals surface area contributed by atoms with Gasteiger partial charge in [-0.05, 0) is 73.3 Å². The third-order valence-electron chi connectivity index (χ3n) is 9.34. The number of hydrogen-bond acceptors (Lipinski definition) is 4. The molecule has 0 aliphatic carbocycles. The molecule has 5 rings (SSSR count). The number of ketones is 1. The number of nitrogens with zero attached hydrogens (tertiary/aromatic N) is 2. The molecule has 5 aromatic rings. The van der Waals surface area contributed by atoms with Crippen LogP contribution in [0.15, 0.2) is 78.8 Å². The van der Waals surface area contributed by atoms with Crippen molar-refractivity contribution in [3.63, 3.8) is 0 Å². The Morgan fingerprint density at radius 1 is 0.960 bits per heavy atom. The topological polar surface area (TPSA) is 54.1 Å². The van der Waals surface area contributed by atoms with Crippen LogP contribution in [0.5, 0.6) is 0 Å². The molecule has 269 valence electrons. The zero-order chi connectivity index (χ0) is 35.9. The van der Waals surface area contributed by atoms with E-state index >= 15 is 0 Å². The van der Waals surface area contributed by atoms with Crippen LogP contribution in [-0.4, -0.2) is 15.9 Å². The van der Waals surface area contributed by atoms with E-state index in [4.69, 9.17) is 4.98 Å². The van der Waals surface area contributed by atoms with E-state index in [1.807, 2.05) is 56.0 Å². The minimum atomic E-state index is 0. The van der Waals surface area contributed by atoms with Gasteiger partial charge >= 0.3 is 0 Å². The number of pyridine rings is 2. The van der Waals surface area contributed by atoms with Crippen LogP contribution in [0.4, 0.5) is 0 Å². The van der Waals surface area contributed by atoms with Crippen molar-refractivity contribution in [2.75, 3.05) is 0 Å². The van der Waals surface area contributed by atoms with Gasteiger partial charge in [0.2, 0.25) is 0 Å². The fraction of sp³-hybridized carbons (Fsp3) is 0.409. The van der Waals surface area contributed by atoms with Gasteiger partial charge in [-0.15, -0.1) is 40.5 Å². The maximum Gasteiger partial charge on any atom is 0.162 e. The van der Waals surface area contributed by atoms with Crippen molar-refractivity contribution in [2.45, 2.75) is 99.8 Å². The largest absolute Gasteiger partial charge is 0.512 e. The molecule has 0 saturated carbocycles. The smallest absolute Gasteiger partial charge is 0.162 e. The van der Waals surface area contributed by atoms with E-state index < -0.39 is 0 Å². The molecule has 1 N–H and O–H groups in total. The number of thiophene rings is 1. The molecule has 3 aromatic heterocycles. The fourth-order valence-corrected chi connectivity index (χ4v) is 7.61. The number of benzene rings is 2. The van der Waals surface area contributed by atoms with Crippen LogP contribution in [-0.2, 0) is 36.7 Å². The van der Waals surface area contributed by atoms with Gasteiger partial charge in [-0.3, -0.25) is 9.78 Å². The second kappa shape index (κ2) is 18.3. The average Bonchev–Trinajstić information content (AvgIpc) is 3.46. The Balaban J connectivity index is 0.000000361. The van der Waals surface area contributed by atoms with Crippen LogP contribution in [0.2, 0.25) is 0 Å². The van der Waals surface area contributed by atoms with E-state index in [9.17, 15) is 9.90 Å². The summed E-state index contributed by atoms with van der Waals surface area (Å²) >= 11 is 1.86. The number of aliphatic hydroxyl groups excluding tert-OH is 1. The molecule has 4 nitrogen and oxygen atoms in total. The minimum absolute atomic E-state index is 0. The minimum Gasteiger partial charge on any atom is -0.512 e. The summed E-state index contributed by atoms with van der Waals surface area (Å²) in [6, 6.07) is 23.3. The van der Waals surface area contributed by atoms with E-state index in [-0.39, 0.29) is 48.9 Å². The summed E-state index contributed by atoms with van der Waals surface area (Å²) in [5, 5.41) is 12.2. The molecule has 0 unspecified atom stereocenters. The Labute approximate surface area is 318 Å². The van der Waals surface area contributed by atoms with E-state index in [1.54, 1.807) is 0 Å². The first kappa shape index (κ1) is 41.1. The molecule has 0 atom stereocenters. The number of hydrogen-bond donors (Lipinski definition) is 1. The summed E-state index contributed by atoms with van der Waals surface area (Å²) in [4.78, 5) is 17.9. The number of fused-ring (bicyclic) bond motifs is 2. The molecule has 0 saturated heterocycles. The molecule has 2 aromatic carbocycles. The summed E-state index contributed by atoms with van der Waals surface area (Å²) in [5.41, 5.74) is 6.80. The first-order valence-electron chi connectivity index (χ1n) is 17.9. The normalized spacial score (nSPS) is 12.0. The maximum atomic E-state index is 11.7. The van der Waals surface area contributed by atoms with Crippen molar-refractivity contribution in [3.8, 4) is 22.4 Å². The number of aliphatic hydroxyl groups is 1. The van der Waals surface area contributed by atoms with Crippen molar-refractivity contribution >= 4 is 38.1 Å². The van der Waals surface area contributed by atoms with E-state index in [2.05, 4.69) is 102 Å². The molecule has 0 spiro atoms. The Hall–Kier alpha value is -3.31. The quantitative estimate of drug-likeness (QED) is 0.0623. The maximum absolute atomic E-state index is 11.7. The molecule has 1 radical (unpaired) electrons. The second-order valence-electron chi connectivity index (χ2n) is 14.6. The van der Waals surface area contributed by atoms with Crippen LogP contribution in [0, 0.1) is 30.9 Å². The first-order valence-corrected chi connectivity index (χ1v) is 18.8. The standard InChI is InChI=1S/C31H31N2S.C13H24O2.Ir/c1-20(2)13-25-18-28-30(34-25)17-24(19-32-28)21-11-12-33(6)29(16-21)23-14-22-9-7-8-10-26(22)27(15-23)31(3,4)5;1-5-10(6-2)12(14)9-13(15)11(7-3)8-4;/h7-12,15-20H,6,13H2,1-5H3;9-11,14H,5-8H2,1-4H3;/q-1;;/b;12-9-;. The van der Waals surface area contributed by atoms with Gasteiger partial charge in [0.1, 0.15) is 5.69 Å². The van der Waals surface area contributed by atoms with Crippen LogP contribution < -0.4 is 4.57 Å². The zero-order valence-electron chi connectivity index (χ0n) is 31.4. The molecule has 50 heavy (non-hydrogen) atoms. The molecule has 0 fully saturated rings. The molecule has 0 amide bonds. The number of aromatic nitrogens is 2. The molecule has 3 heterocycles. The van der Waals surface area contributed by atoms with Crippen LogP contribution >= 0.6 is 11.3 Å². The van der Waals surface area contributed by atoms with Gasteiger partial charge in [-0.1, -0.05) is 91.5 Å². The van der Waals surface area contributed by atoms with Crippen LogP contribution in [0.1, 0.15) is 98.4 Å². The number of allylic oxidation sites excluding steroid dienone is 2. The summed E-state index contributed by atoms with van der Waals surface area (Å²) in [6.07, 6.45) is 10.0. The van der Waals surface area contributed by atoms with E-state index in [0.717, 1.165) is 65.4 Å². The molecular weight excluding hydrogens is 813 g/mol. The molecular formula is C44H55IrN2O2S-. The molecule has 0 aliphatic heterocycles. The van der Waals surface area contributed by atoms with Gasteiger partial charge < -0.3 is 9.67 Å². The molecule has 0 bridgehead atoms. The van der Waals surface area contributed by atoms with Gasteiger partial charge in [0, 0.05) is 61.7 Å². The SMILES string of the molecule is CCC(CC)C(=O)/C=C(\O)C(CC)CC.[CH2-][n+]1ccc(-c2cnc3cc(CC(C)C)sc3c2)cc1-c1[c-]c2ccccc2c(C(C)(C)C)c1.[Ir]. The zero-order valence-corrected chi connectivity index (χ0v) is 34.6. The first-order chi connectivity index (χ1) is 23.3. The van der Waals surface area contributed by atoms with Gasteiger partial charge in [0.25, 0.3) is 0 Å². The van der Waals surface area contributed by atoms with Crippen molar-refractivity contribution < 1.29 is 34.6 Å². The Morgan fingerprint density at radius 2 is 1.62 bits per heavy atom.